The summed E-state index contributed by atoms with van der Waals surface area (Å²) >= 11 is 5.97. The SMILES string of the molecule is O=[N+]([O-])c1ccc(Cl)cc1N(C1CC1)C1CC1. The van der Waals surface area contributed by atoms with E-state index < -0.39 is 0 Å². The van der Waals surface area contributed by atoms with E-state index in [0.717, 1.165) is 25.7 Å². The third kappa shape index (κ3) is 2.09. The molecule has 2 aliphatic rings. The molecular formula is C12H13ClN2O2. The fourth-order valence-corrected chi connectivity index (χ4v) is 2.42. The Hall–Kier alpha value is -1.29. The number of benzene rings is 1. The van der Waals surface area contributed by atoms with Crippen molar-refractivity contribution in [2.45, 2.75) is 37.8 Å². The smallest absolute Gasteiger partial charge is 0.292 e. The normalized spacial score (nSPS) is 19.1. The van der Waals surface area contributed by atoms with Gasteiger partial charge in [0.15, 0.2) is 0 Å². The van der Waals surface area contributed by atoms with Gasteiger partial charge in [0.05, 0.1) is 4.92 Å². The summed E-state index contributed by atoms with van der Waals surface area (Å²) in [5, 5.41) is 11.6. The van der Waals surface area contributed by atoms with Crippen LogP contribution in [0, 0.1) is 10.1 Å². The van der Waals surface area contributed by atoms with Crippen molar-refractivity contribution in [3.8, 4) is 0 Å². The van der Waals surface area contributed by atoms with Crippen LogP contribution in [0.5, 0.6) is 0 Å². The van der Waals surface area contributed by atoms with E-state index >= 15 is 0 Å². The lowest BCUT2D eigenvalue weighted by molar-refractivity contribution is -0.384. The number of anilines is 1. The number of rotatable bonds is 4. The van der Waals surface area contributed by atoms with Gasteiger partial charge in [-0.3, -0.25) is 10.1 Å². The van der Waals surface area contributed by atoms with Gasteiger partial charge in [-0.25, -0.2) is 0 Å². The first-order valence-corrected chi connectivity index (χ1v) is 6.27. The van der Waals surface area contributed by atoms with Gasteiger partial charge in [0.2, 0.25) is 0 Å². The fourth-order valence-electron chi connectivity index (χ4n) is 2.25. The van der Waals surface area contributed by atoms with Gasteiger partial charge in [-0.05, 0) is 37.8 Å². The van der Waals surface area contributed by atoms with E-state index in [0.29, 0.717) is 22.8 Å². The molecule has 2 aliphatic carbocycles. The fraction of sp³-hybridized carbons (Fsp3) is 0.500. The molecule has 0 spiro atoms. The van der Waals surface area contributed by atoms with Crippen LogP contribution >= 0.6 is 11.6 Å². The summed E-state index contributed by atoms with van der Waals surface area (Å²) in [4.78, 5) is 13.0. The molecule has 90 valence electrons. The summed E-state index contributed by atoms with van der Waals surface area (Å²) in [6.45, 7) is 0. The van der Waals surface area contributed by atoms with Gasteiger partial charge in [0.25, 0.3) is 5.69 Å². The third-order valence-corrected chi connectivity index (χ3v) is 3.53. The zero-order valence-corrected chi connectivity index (χ0v) is 10.1. The topological polar surface area (TPSA) is 46.4 Å². The van der Waals surface area contributed by atoms with Crippen LogP contribution in [0.2, 0.25) is 5.02 Å². The molecule has 0 aromatic heterocycles. The van der Waals surface area contributed by atoms with E-state index in [1.165, 1.54) is 6.07 Å². The lowest BCUT2D eigenvalue weighted by atomic mass is 10.2. The standard InChI is InChI=1S/C12H13ClN2O2/c13-8-1-6-11(15(16)17)12(7-8)14(9-2-3-9)10-4-5-10/h1,6-7,9-10H,2-5H2. The van der Waals surface area contributed by atoms with Crippen LogP contribution in [0.1, 0.15) is 25.7 Å². The van der Waals surface area contributed by atoms with Crippen LogP contribution in [0.15, 0.2) is 18.2 Å². The van der Waals surface area contributed by atoms with E-state index in [-0.39, 0.29) is 10.6 Å². The van der Waals surface area contributed by atoms with Crippen molar-refractivity contribution in [3.63, 3.8) is 0 Å². The van der Waals surface area contributed by atoms with E-state index in [4.69, 9.17) is 11.6 Å². The van der Waals surface area contributed by atoms with Crippen molar-refractivity contribution in [1.82, 2.24) is 0 Å². The van der Waals surface area contributed by atoms with Gasteiger partial charge in [-0.1, -0.05) is 11.6 Å². The Morgan fingerprint density at radius 2 is 1.82 bits per heavy atom. The lowest BCUT2D eigenvalue weighted by Gasteiger charge is -2.24. The molecule has 0 bridgehead atoms. The van der Waals surface area contributed by atoms with Crippen molar-refractivity contribution in [2.75, 3.05) is 4.90 Å². The average molecular weight is 253 g/mol. The third-order valence-electron chi connectivity index (χ3n) is 3.29. The predicted octanol–water partition coefficient (Wildman–Crippen LogP) is 3.38. The molecule has 0 atom stereocenters. The first-order valence-electron chi connectivity index (χ1n) is 5.89. The van der Waals surface area contributed by atoms with E-state index in [2.05, 4.69) is 4.90 Å². The summed E-state index contributed by atoms with van der Waals surface area (Å²) in [5.74, 6) is 0. The molecule has 0 aliphatic heterocycles. The molecule has 0 unspecified atom stereocenters. The van der Waals surface area contributed by atoms with Crippen LogP contribution in [-0.4, -0.2) is 17.0 Å². The van der Waals surface area contributed by atoms with E-state index in [1.807, 2.05) is 0 Å². The zero-order chi connectivity index (χ0) is 12.0. The number of nitro benzene ring substituents is 1. The Kier molecular flexibility index (Phi) is 2.47. The Balaban J connectivity index is 2.03. The largest absolute Gasteiger partial charge is 0.360 e. The lowest BCUT2D eigenvalue weighted by Crippen LogP contribution is -2.28. The van der Waals surface area contributed by atoms with Crippen LogP contribution < -0.4 is 4.90 Å². The summed E-state index contributed by atoms with van der Waals surface area (Å²) in [7, 11) is 0. The molecule has 0 heterocycles. The quantitative estimate of drug-likeness (QED) is 0.610. The minimum Gasteiger partial charge on any atom is -0.360 e. The monoisotopic (exact) mass is 252 g/mol. The number of hydrogen-bond acceptors (Lipinski definition) is 3. The Morgan fingerprint density at radius 3 is 2.29 bits per heavy atom. The highest BCUT2D eigenvalue weighted by molar-refractivity contribution is 6.31. The molecule has 17 heavy (non-hydrogen) atoms. The number of nitrogens with zero attached hydrogens (tertiary/aromatic N) is 2. The number of nitro groups is 1. The zero-order valence-electron chi connectivity index (χ0n) is 9.30. The minimum absolute atomic E-state index is 0.174. The predicted molar refractivity (Wildman–Crippen MR) is 66.6 cm³/mol. The van der Waals surface area contributed by atoms with Crippen LogP contribution in [0.3, 0.4) is 0 Å². The highest BCUT2D eigenvalue weighted by Crippen LogP contribution is 2.44. The maximum atomic E-state index is 11.1. The second-order valence-electron chi connectivity index (χ2n) is 4.76. The highest BCUT2D eigenvalue weighted by atomic mass is 35.5. The molecule has 2 fully saturated rings. The Morgan fingerprint density at radius 1 is 1.24 bits per heavy atom. The van der Waals surface area contributed by atoms with Gasteiger partial charge in [0.1, 0.15) is 5.69 Å². The molecule has 4 nitrogen and oxygen atoms in total. The molecular weight excluding hydrogens is 240 g/mol. The molecule has 5 heteroatoms. The number of halogens is 1. The van der Waals surface area contributed by atoms with Crippen molar-refractivity contribution < 1.29 is 4.92 Å². The highest BCUT2D eigenvalue weighted by Gasteiger charge is 2.41. The summed E-state index contributed by atoms with van der Waals surface area (Å²) < 4.78 is 0. The first kappa shape index (κ1) is 10.8. The van der Waals surface area contributed by atoms with Crippen LogP contribution in [0.25, 0.3) is 0 Å². The molecule has 2 saturated carbocycles. The van der Waals surface area contributed by atoms with E-state index in [1.54, 1.807) is 12.1 Å². The number of hydrogen-bond donors (Lipinski definition) is 0. The van der Waals surface area contributed by atoms with Gasteiger partial charge >= 0.3 is 0 Å². The second-order valence-corrected chi connectivity index (χ2v) is 5.20. The van der Waals surface area contributed by atoms with E-state index in [9.17, 15) is 10.1 Å². The van der Waals surface area contributed by atoms with Gasteiger partial charge in [0, 0.05) is 23.2 Å². The average Bonchev–Trinajstić information content (AvgIpc) is 3.12. The van der Waals surface area contributed by atoms with Crippen LogP contribution in [0.4, 0.5) is 11.4 Å². The molecule has 0 amide bonds. The van der Waals surface area contributed by atoms with Crippen molar-refractivity contribution in [3.05, 3.63) is 33.3 Å². The molecule has 0 saturated heterocycles. The van der Waals surface area contributed by atoms with Gasteiger partial charge < -0.3 is 4.90 Å². The molecule has 0 radical (unpaired) electrons. The van der Waals surface area contributed by atoms with Gasteiger partial charge in [-0.15, -0.1) is 0 Å². The maximum Gasteiger partial charge on any atom is 0.292 e. The van der Waals surface area contributed by atoms with Gasteiger partial charge in [-0.2, -0.15) is 0 Å². The minimum atomic E-state index is -0.316. The molecule has 3 rings (SSSR count). The molecule has 1 aromatic rings. The Labute approximate surface area is 104 Å². The molecule has 1 aromatic carbocycles. The summed E-state index contributed by atoms with van der Waals surface area (Å²) in [5.41, 5.74) is 0.876. The van der Waals surface area contributed by atoms with Crippen molar-refractivity contribution in [2.24, 2.45) is 0 Å². The first-order chi connectivity index (χ1) is 8.16. The maximum absolute atomic E-state index is 11.1. The second kappa shape index (κ2) is 3.88. The van der Waals surface area contributed by atoms with Crippen LogP contribution in [-0.2, 0) is 0 Å². The van der Waals surface area contributed by atoms with Crippen molar-refractivity contribution in [1.29, 1.82) is 0 Å². The summed E-state index contributed by atoms with van der Waals surface area (Å²) in [6.07, 6.45) is 4.56. The molecule has 0 N–H and O–H groups in total. The summed E-state index contributed by atoms with van der Waals surface area (Å²) in [6, 6.07) is 5.80. The van der Waals surface area contributed by atoms with Crippen molar-refractivity contribution >= 4 is 23.0 Å². The Bertz CT molecular complexity index is 458.